The second kappa shape index (κ2) is 9.28. The molecule has 1 N–H and O–H groups in total. The summed E-state index contributed by atoms with van der Waals surface area (Å²) in [5.41, 5.74) is 0.906. The number of hydrogen-bond donors (Lipinski definition) is 1. The quantitative estimate of drug-likeness (QED) is 0.765. The third-order valence-electron chi connectivity index (χ3n) is 4.12. The highest BCUT2D eigenvalue weighted by atomic mass is 32.1. The lowest BCUT2D eigenvalue weighted by Crippen LogP contribution is -2.38. The zero-order chi connectivity index (χ0) is 19.1. The number of rotatable bonds is 8. The molecule has 0 spiro atoms. The lowest BCUT2D eigenvalue weighted by molar-refractivity contribution is -0.131. The highest BCUT2D eigenvalue weighted by molar-refractivity contribution is 7.18. The van der Waals surface area contributed by atoms with Gasteiger partial charge in [-0.05, 0) is 37.6 Å². The van der Waals surface area contributed by atoms with E-state index in [9.17, 15) is 9.59 Å². The molecule has 140 valence electrons. The van der Waals surface area contributed by atoms with Crippen LogP contribution in [0.2, 0.25) is 0 Å². The molecule has 26 heavy (non-hydrogen) atoms. The summed E-state index contributed by atoms with van der Waals surface area (Å²) in [6, 6.07) is 7.59. The molecule has 0 aliphatic rings. The number of anilines is 1. The van der Waals surface area contributed by atoms with Crippen LogP contribution in [0.4, 0.5) is 5.13 Å². The summed E-state index contributed by atoms with van der Waals surface area (Å²) in [6.45, 7) is 5.91. The fourth-order valence-electron chi connectivity index (χ4n) is 2.44. The maximum atomic E-state index is 12.2. The molecule has 0 bridgehead atoms. The Bertz CT molecular complexity index is 745. The van der Waals surface area contributed by atoms with Gasteiger partial charge in [0.05, 0.1) is 7.11 Å². The van der Waals surface area contributed by atoms with E-state index < -0.39 is 0 Å². The van der Waals surface area contributed by atoms with Crippen LogP contribution < -0.4 is 10.1 Å². The molecule has 1 aromatic carbocycles. The third-order valence-corrected chi connectivity index (χ3v) is 5.00. The lowest BCUT2D eigenvalue weighted by Gasteiger charge is -2.27. The first-order chi connectivity index (χ1) is 12.4. The van der Waals surface area contributed by atoms with Crippen LogP contribution in [0.25, 0.3) is 10.6 Å². The van der Waals surface area contributed by atoms with E-state index in [1.165, 1.54) is 18.3 Å². The van der Waals surface area contributed by atoms with Crippen molar-refractivity contribution in [2.45, 2.75) is 39.7 Å². The Morgan fingerprint density at radius 2 is 1.96 bits per heavy atom. The Kier molecular flexibility index (Phi) is 7.08. The van der Waals surface area contributed by atoms with Crippen LogP contribution in [0.5, 0.6) is 5.75 Å². The van der Waals surface area contributed by atoms with Gasteiger partial charge in [-0.2, -0.15) is 0 Å². The highest BCUT2D eigenvalue weighted by Crippen LogP contribution is 2.27. The predicted molar refractivity (Wildman–Crippen MR) is 102 cm³/mol. The molecule has 0 radical (unpaired) electrons. The van der Waals surface area contributed by atoms with Crippen molar-refractivity contribution in [1.29, 1.82) is 0 Å². The van der Waals surface area contributed by atoms with Gasteiger partial charge in [0.1, 0.15) is 10.8 Å². The summed E-state index contributed by atoms with van der Waals surface area (Å²) in [7, 11) is 1.61. The summed E-state index contributed by atoms with van der Waals surface area (Å²) in [5.74, 6) is 0.560. The summed E-state index contributed by atoms with van der Waals surface area (Å²) < 4.78 is 5.13. The second-order valence-corrected chi connectivity index (χ2v) is 6.89. The smallest absolute Gasteiger partial charge is 0.227 e. The second-order valence-electron chi connectivity index (χ2n) is 5.91. The van der Waals surface area contributed by atoms with Gasteiger partial charge in [0.15, 0.2) is 0 Å². The van der Waals surface area contributed by atoms with Crippen molar-refractivity contribution in [2.75, 3.05) is 19.0 Å². The minimum Gasteiger partial charge on any atom is -0.497 e. The van der Waals surface area contributed by atoms with Crippen LogP contribution in [0.3, 0.4) is 0 Å². The van der Waals surface area contributed by atoms with Crippen molar-refractivity contribution < 1.29 is 14.3 Å². The number of carbonyl (C=O) groups is 2. The molecular weight excluding hydrogens is 352 g/mol. The summed E-state index contributed by atoms with van der Waals surface area (Å²) in [4.78, 5) is 25.5. The van der Waals surface area contributed by atoms with Crippen molar-refractivity contribution >= 4 is 28.3 Å². The fraction of sp³-hybridized carbons (Fsp3) is 0.444. The Hall–Kier alpha value is -2.48. The van der Waals surface area contributed by atoms with Crippen molar-refractivity contribution in [3.05, 3.63) is 24.3 Å². The SMILES string of the molecule is CCC(C)N(CCC(=O)Nc1nnc(-c2ccc(OC)cc2)s1)C(C)=O. The lowest BCUT2D eigenvalue weighted by atomic mass is 10.2. The number of nitrogens with zero attached hydrogens (tertiary/aromatic N) is 3. The maximum Gasteiger partial charge on any atom is 0.227 e. The third kappa shape index (κ3) is 5.26. The molecule has 0 saturated heterocycles. The molecule has 1 aromatic heterocycles. The normalized spacial score (nSPS) is 11.7. The number of benzene rings is 1. The first-order valence-electron chi connectivity index (χ1n) is 8.49. The molecule has 2 rings (SSSR count). The summed E-state index contributed by atoms with van der Waals surface area (Å²) in [6.07, 6.45) is 1.07. The molecule has 0 aliphatic carbocycles. The molecule has 0 saturated carbocycles. The van der Waals surface area contributed by atoms with E-state index in [0.717, 1.165) is 17.7 Å². The van der Waals surface area contributed by atoms with Crippen molar-refractivity contribution in [1.82, 2.24) is 15.1 Å². The van der Waals surface area contributed by atoms with Gasteiger partial charge in [0, 0.05) is 31.5 Å². The topological polar surface area (TPSA) is 84.4 Å². The van der Waals surface area contributed by atoms with Crippen LogP contribution in [0.15, 0.2) is 24.3 Å². The van der Waals surface area contributed by atoms with E-state index >= 15 is 0 Å². The minimum absolute atomic E-state index is 0.0233. The monoisotopic (exact) mass is 376 g/mol. The van der Waals surface area contributed by atoms with Crippen LogP contribution in [0, 0.1) is 0 Å². The minimum atomic E-state index is -0.183. The Morgan fingerprint density at radius 3 is 2.54 bits per heavy atom. The van der Waals surface area contributed by atoms with E-state index in [2.05, 4.69) is 15.5 Å². The number of carbonyl (C=O) groups excluding carboxylic acids is 2. The van der Waals surface area contributed by atoms with E-state index in [-0.39, 0.29) is 24.3 Å². The largest absolute Gasteiger partial charge is 0.497 e. The van der Waals surface area contributed by atoms with E-state index in [4.69, 9.17) is 4.74 Å². The van der Waals surface area contributed by atoms with Crippen LogP contribution in [-0.2, 0) is 9.59 Å². The van der Waals surface area contributed by atoms with E-state index in [1.807, 2.05) is 38.1 Å². The molecular formula is C18H24N4O3S. The standard InChI is InChI=1S/C18H24N4O3S/c1-5-12(2)22(13(3)23)11-10-16(24)19-18-21-20-17(26-18)14-6-8-15(25-4)9-7-14/h6-9,12H,5,10-11H2,1-4H3,(H,19,21,24). The molecule has 8 heteroatoms. The zero-order valence-corrected chi connectivity index (χ0v) is 16.3. The van der Waals surface area contributed by atoms with Gasteiger partial charge in [0.2, 0.25) is 16.9 Å². The molecule has 1 heterocycles. The van der Waals surface area contributed by atoms with Gasteiger partial charge >= 0.3 is 0 Å². The van der Waals surface area contributed by atoms with Crippen LogP contribution in [-0.4, -0.2) is 46.6 Å². The molecule has 1 atom stereocenters. The number of methoxy groups -OCH3 is 1. The van der Waals surface area contributed by atoms with E-state index in [1.54, 1.807) is 12.0 Å². The maximum absolute atomic E-state index is 12.2. The van der Waals surface area contributed by atoms with Crippen molar-refractivity contribution in [3.8, 4) is 16.3 Å². The fourth-order valence-corrected chi connectivity index (χ4v) is 3.20. The average molecular weight is 376 g/mol. The van der Waals surface area contributed by atoms with Crippen LogP contribution in [0.1, 0.15) is 33.6 Å². The van der Waals surface area contributed by atoms with Gasteiger partial charge < -0.3 is 15.0 Å². The predicted octanol–water partition coefficient (Wildman–Crippen LogP) is 3.19. The van der Waals surface area contributed by atoms with Gasteiger partial charge in [-0.25, -0.2) is 0 Å². The Labute approximate surface area is 157 Å². The molecule has 7 nitrogen and oxygen atoms in total. The van der Waals surface area contributed by atoms with Gasteiger partial charge in [-0.15, -0.1) is 10.2 Å². The van der Waals surface area contributed by atoms with Crippen molar-refractivity contribution in [3.63, 3.8) is 0 Å². The van der Waals surface area contributed by atoms with Gasteiger partial charge in [-0.1, -0.05) is 18.3 Å². The van der Waals surface area contributed by atoms with E-state index in [0.29, 0.717) is 16.7 Å². The number of hydrogen-bond acceptors (Lipinski definition) is 6. The van der Waals surface area contributed by atoms with Crippen LogP contribution >= 0.6 is 11.3 Å². The summed E-state index contributed by atoms with van der Waals surface area (Å²) >= 11 is 1.30. The molecule has 0 aliphatic heterocycles. The van der Waals surface area contributed by atoms with Gasteiger partial charge in [-0.3, -0.25) is 9.59 Å². The number of amides is 2. The van der Waals surface area contributed by atoms with Gasteiger partial charge in [0.25, 0.3) is 0 Å². The van der Waals surface area contributed by atoms with Crippen molar-refractivity contribution in [2.24, 2.45) is 0 Å². The number of aromatic nitrogens is 2. The highest BCUT2D eigenvalue weighted by Gasteiger charge is 2.17. The number of nitrogens with one attached hydrogen (secondary N) is 1. The molecule has 1 unspecified atom stereocenters. The molecule has 0 fully saturated rings. The Balaban J connectivity index is 1.93. The Morgan fingerprint density at radius 1 is 1.27 bits per heavy atom. The molecule has 2 amide bonds. The average Bonchev–Trinajstić information content (AvgIpc) is 3.09. The first-order valence-corrected chi connectivity index (χ1v) is 9.31. The first kappa shape index (κ1) is 19.8. The molecule has 2 aromatic rings. The zero-order valence-electron chi connectivity index (χ0n) is 15.5. The summed E-state index contributed by atoms with van der Waals surface area (Å²) in [5, 5.41) is 12.0. The number of ether oxygens (including phenoxy) is 1.